The molecule has 1 aromatic carbocycles. The van der Waals surface area contributed by atoms with E-state index in [0.717, 1.165) is 51.3 Å². The lowest BCUT2D eigenvalue weighted by atomic mass is 9.94. The van der Waals surface area contributed by atoms with Crippen LogP contribution in [0.3, 0.4) is 0 Å². The lowest BCUT2D eigenvalue weighted by Gasteiger charge is -2.39. The maximum absolute atomic E-state index is 12.9. The van der Waals surface area contributed by atoms with Crippen LogP contribution in [0.25, 0.3) is 0 Å². The van der Waals surface area contributed by atoms with Crippen molar-refractivity contribution >= 4 is 5.91 Å². The van der Waals surface area contributed by atoms with Crippen LogP contribution in [0.5, 0.6) is 5.75 Å². The van der Waals surface area contributed by atoms with Gasteiger partial charge < -0.3 is 14.4 Å². The molecule has 1 amide bonds. The smallest absolute Gasteiger partial charge is 0.225 e. The van der Waals surface area contributed by atoms with E-state index < -0.39 is 0 Å². The highest BCUT2D eigenvalue weighted by atomic mass is 16.5. The Morgan fingerprint density at radius 3 is 2.41 bits per heavy atom. The summed E-state index contributed by atoms with van der Waals surface area (Å²) >= 11 is 0. The van der Waals surface area contributed by atoms with Crippen LogP contribution in [0.1, 0.15) is 46.1 Å². The molecule has 27 heavy (non-hydrogen) atoms. The van der Waals surface area contributed by atoms with Crippen LogP contribution in [0.2, 0.25) is 0 Å². The molecular weight excluding hydrogens is 340 g/mol. The van der Waals surface area contributed by atoms with Gasteiger partial charge in [0.2, 0.25) is 5.91 Å². The number of piperidine rings is 1. The number of morpholine rings is 1. The number of rotatable bonds is 5. The number of benzene rings is 1. The summed E-state index contributed by atoms with van der Waals surface area (Å²) in [6, 6.07) is 8.29. The van der Waals surface area contributed by atoms with Gasteiger partial charge in [0.1, 0.15) is 5.75 Å². The van der Waals surface area contributed by atoms with Crippen molar-refractivity contribution in [2.75, 3.05) is 26.2 Å². The molecule has 0 spiro atoms. The normalized spacial score (nSPS) is 25.0. The van der Waals surface area contributed by atoms with Crippen molar-refractivity contribution in [1.82, 2.24) is 9.80 Å². The maximum Gasteiger partial charge on any atom is 0.225 e. The number of amides is 1. The minimum atomic E-state index is 0.134. The molecule has 0 N–H and O–H groups in total. The Morgan fingerprint density at radius 1 is 1.15 bits per heavy atom. The fourth-order valence-corrected chi connectivity index (χ4v) is 4.20. The lowest BCUT2D eigenvalue weighted by molar-refractivity contribution is -0.148. The Kier molecular flexibility index (Phi) is 6.77. The van der Waals surface area contributed by atoms with Gasteiger partial charge in [-0.25, -0.2) is 0 Å². The molecule has 0 aromatic heterocycles. The molecule has 150 valence electrons. The molecule has 2 unspecified atom stereocenters. The van der Waals surface area contributed by atoms with Crippen molar-refractivity contribution in [1.29, 1.82) is 0 Å². The number of nitrogens with zero attached hydrogens (tertiary/aromatic N) is 2. The molecule has 1 aromatic rings. The molecule has 2 aliphatic heterocycles. The van der Waals surface area contributed by atoms with Gasteiger partial charge in [0.15, 0.2) is 0 Å². The lowest BCUT2D eigenvalue weighted by Crippen LogP contribution is -2.51. The highest BCUT2D eigenvalue weighted by Crippen LogP contribution is 2.26. The average molecular weight is 375 g/mol. The average Bonchev–Trinajstić information content (AvgIpc) is 2.62. The van der Waals surface area contributed by atoms with Crippen LogP contribution in [-0.2, 0) is 16.1 Å². The van der Waals surface area contributed by atoms with Crippen LogP contribution in [0.4, 0.5) is 0 Å². The van der Waals surface area contributed by atoms with E-state index in [0.29, 0.717) is 5.91 Å². The first-order valence-corrected chi connectivity index (χ1v) is 10.3. The van der Waals surface area contributed by atoms with Crippen LogP contribution in [0, 0.1) is 5.92 Å². The Labute approximate surface area is 163 Å². The quantitative estimate of drug-likeness (QED) is 0.793. The highest BCUT2D eigenvalue weighted by Gasteiger charge is 2.32. The van der Waals surface area contributed by atoms with Crippen LogP contribution < -0.4 is 4.74 Å². The Hall–Kier alpha value is -1.59. The molecule has 3 rings (SSSR count). The summed E-state index contributed by atoms with van der Waals surface area (Å²) in [6.45, 7) is 12.5. The molecule has 2 atom stereocenters. The van der Waals surface area contributed by atoms with Gasteiger partial charge in [-0.1, -0.05) is 18.2 Å². The first-order valence-electron chi connectivity index (χ1n) is 10.3. The van der Waals surface area contributed by atoms with E-state index >= 15 is 0 Å². The number of ether oxygens (including phenoxy) is 2. The molecule has 2 aliphatic rings. The minimum Gasteiger partial charge on any atom is -0.491 e. The molecule has 2 saturated heterocycles. The topological polar surface area (TPSA) is 42.0 Å². The number of likely N-dealkylation sites (tertiary alicyclic amines) is 1. The van der Waals surface area contributed by atoms with Crippen molar-refractivity contribution < 1.29 is 14.3 Å². The third-order valence-corrected chi connectivity index (χ3v) is 5.40. The fourth-order valence-electron chi connectivity index (χ4n) is 4.20. The van der Waals surface area contributed by atoms with Gasteiger partial charge in [0.25, 0.3) is 0 Å². The van der Waals surface area contributed by atoms with E-state index in [2.05, 4.69) is 44.7 Å². The van der Waals surface area contributed by atoms with Gasteiger partial charge in [-0.2, -0.15) is 0 Å². The van der Waals surface area contributed by atoms with Crippen LogP contribution in [0.15, 0.2) is 24.3 Å². The summed E-state index contributed by atoms with van der Waals surface area (Å²) in [7, 11) is 0. The van der Waals surface area contributed by atoms with Crippen LogP contribution >= 0.6 is 0 Å². The predicted molar refractivity (Wildman–Crippen MR) is 107 cm³/mol. The fraction of sp³-hybridized carbons (Fsp3) is 0.682. The van der Waals surface area contributed by atoms with Crippen molar-refractivity contribution in [2.24, 2.45) is 5.92 Å². The molecule has 5 heteroatoms. The van der Waals surface area contributed by atoms with E-state index in [1.54, 1.807) is 0 Å². The molecular formula is C22H34N2O3. The Morgan fingerprint density at radius 2 is 1.78 bits per heavy atom. The molecule has 0 aliphatic carbocycles. The minimum absolute atomic E-state index is 0.134. The van der Waals surface area contributed by atoms with E-state index in [4.69, 9.17) is 9.47 Å². The van der Waals surface area contributed by atoms with Crippen molar-refractivity contribution in [3.8, 4) is 5.75 Å². The van der Waals surface area contributed by atoms with Gasteiger partial charge in [-0.15, -0.1) is 0 Å². The first kappa shape index (κ1) is 20.2. The van der Waals surface area contributed by atoms with Gasteiger partial charge >= 0.3 is 0 Å². The summed E-state index contributed by atoms with van der Waals surface area (Å²) in [5.74, 6) is 1.45. The highest BCUT2D eigenvalue weighted by molar-refractivity contribution is 5.79. The summed E-state index contributed by atoms with van der Waals surface area (Å²) in [5, 5.41) is 0. The zero-order valence-corrected chi connectivity index (χ0v) is 17.2. The van der Waals surface area contributed by atoms with E-state index in [1.165, 1.54) is 5.56 Å². The summed E-state index contributed by atoms with van der Waals surface area (Å²) in [6.07, 6.45) is 2.32. The first-order chi connectivity index (χ1) is 12.9. The second kappa shape index (κ2) is 9.07. The zero-order chi connectivity index (χ0) is 19.4. The number of carbonyl (C=O) groups is 1. The predicted octanol–water partition coefficient (Wildman–Crippen LogP) is 3.32. The number of hydrogen-bond donors (Lipinski definition) is 0. The maximum atomic E-state index is 12.9. The molecule has 0 bridgehead atoms. The summed E-state index contributed by atoms with van der Waals surface area (Å²) < 4.78 is 11.7. The van der Waals surface area contributed by atoms with Gasteiger partial charge in [-0.3, -0.25) is 9.69 Å². The number of para-hydroxylation sites is 1. The standard InChI is InChI=1S/C22H34N2O3/c1-16(2)26-21-8-6-5-7-20(21)15-23-11-9-19(10-12-23)22(25)24-13-17(3)27-18(4)14-24/h5-8,16-19H,9-15H2,1-4H3. The largest absolute Gasteiger partial charge is 0.491 e. The summed E-state index contributed by atoms with van der Waals surface area (Å²) in [4.78, 5) is 17.4. The summed E-state index contributed by atoms with van der Waals surface area (Å²) in [5.41, 5.74) is 1.23. The second-order valence-corrected chi connectivity index (χ2v) is 8.33. The van der Waals surface area contributed by atoms with E-state index in [-0.39, 0.29) is 24.2 Å². The molecule has 5 nitrogen and oxygen atoms in total. The van der Waals surface area contributed by atoms with E-state index in [1.807, 2.05) is 17.0 Å². The molecule has 0 radical (unpaired) electrons. The third kappa shape index (κ3) is 5.45. The van der Waals surface area contributed by atoms with Gasteiger partial charge in [-0.05, 0) is 59.7 Å². The SMILES string of the molecule is CC(C)Oc1ccccc1CN1CCC(C(=O)N2CC(C)OC(C)C2)CC1. The number of carbonyl (C=O) groups excluding carboxylic acids is 1. The van der Waals surface area contributed by atoms with Gasteiger partial charge in [0.05, 0.1) is 18.3 Å². The van der Waals surface area contributed by atoms with E-state index in [9.17, 15) is 4.79 Å². The molecule has 2 fully saturated rings. The molecule has 2 heterocycles. The third-order valence-electron chi connectivity index (χ3n) is 5.40. The Bertz CT molecular complexity index is 616. The zero-order valence-electron chi connectivity index (χ0n) is 17.2. The van der Waals surface area contributed by atoms with Crippen LogP contribution in [-0.4, -0.2) is 60.2 Å². The Balaban J connectivity index is 1.53. The van der Waals surface area contributed by atoms with Gasteiger partial charge in [0, 0.05) is 31.1 Å². The van der Waals surface area contributed by atoms with Crippen molar-refractivity contribution in [2.45, 2.75) is 65.4 Å². The molecule has 0 saturated carbocycles. The monoisotopic (exact) mass is 374 g/mol. The van der Waals surface area contributed by atoms with Crippen molar-refractivity contribution in [3.63, 3.8) is 0 Å². The number of hydrogen-bond acceptors (Lipinski definition) is 4. The second-order valence-electron chi connectivity index (χ2n) is 8.33. The van der Waals surface area contributed by atoms with Crippen molar-refractivity contribution in [3.05, 3.63) is 29.8 Å².